The van der Waals surface area contributed by atoms with Crippen molar-refractivity contribution in [2.24, 2.45) is 15.3 Å². The highest BCUT2D eigenvalue weighted by molar-refractivity contribution is 5.89. The highest BCUT2D eigenvalue weighted by Gasteiger charge is 2.46. The maximum atomic E-state index is 14.0. The van der Waals surface area contributed by atoms with E-state index in [1.807, 2.05) is 12.1 Å². The van der Waals surface area contributed by atoms with Gasteiger partial charge in [-0.3, -0.25) is 4.79 Å². The normalized spacial score (nSPS) is 16.0. The van der Waals surface area contributed by atoms with Crippen LogP contribution in [-0.2, 0) is 62.5 Å². The third-order valence-corrected chi connectivity index (χ3v) is 12.1. The Morgan fingerprint density at radius 2 is 0.867 bits per heavy atom. The molecule has 0 saturated heterocycles. The van der Waals surface area contributed by atoms with Gasteiger partial charge in [-0.1, -0.05) is 152 Å². The van der Waals surface area contributed by atoms with Crippen molar-refractivity contribution in [2.75, 3.05) is 13.7 Å². The van der Waals surface area contributed by atoms with Crippen molar-refractivity contribution in [2.45, 2.75) is 159 Å². The first-order chi connectivity index (χ1) is 36.5. The number of esters is 2. The Morgan fingerprint density at radius 1 is 0.493 bits per heavy atom. The van der Waals surface area contributed by atoms with E-state index in [1.54, 1.807) is 118 Å². The highest BCUT2D eigenvalue weighted by Crippen LogP contribution is 2.30. The Labute approximate surface area is 436 Å². The summed E-state index contributed by atoms with van der Waals surface area (Å²) in [7, 11) is 1.30. The Hall–Kier alpha value is -6.61. The molecule has 0 amide bonds. The molecule has 0 bridgehead atoms. The van der Waals surface area contributed by atoms with Crippen molar-refractivity contribution in [3.8, 4) is 0 Å². The van der Waals surface area contributed by atoms with Crippen LogP contribution in [0.4, 0.5) is 0 Å². The molecule has 3 N–H and O–H groups in total. The summed E-state index contributed by atoms with van der Waals surface area (Å²) in [5.41, 5.74) is 31.6. The minimum absolute atomic E-state index is 0.0686. The zero-order valence-electron chi connectivity index (χ0n) is 42.7. The second-order valence-electron chi connectivity index (χ2n) is 17.2. The smallest absolute Gasteiger partial charge is 0.338 e. The summed E-state index contributed by atoms with van der Waals surface area (Å²) in [5, 5.41) is 49.3. The van der Waals surface area contributed by atoms with Crippen LogP contribution in [0.15, 0.2) is 137 Å². The number of nitrogens with zero attached hydrogens (tertiary/aromatic N) is 9. The molecule has 0 aromatic heterocycles. The Bertz CT molecular complexity index is 2380. The van der Waals surface area contributed by atoms with E-state index in [4.69, 9.17) is 37.9 Å². The third kappa shape index (κ3) is 20.6. The van der Waals surface area contributed by atoms with Gasteiger partial charge in [-0.15, -0.1) is 0 Å². The predicted octanol–water partition coefficient (Wildman–Crippen LogP) is 9.71. The average Bonchev–Trinajstić information content (AvgIpc) is 3.44. The van der Waals surface area contributed by atoms with Crippen LogP contribution in [0, 0.1) is 0 Å². The first-order valence-corrected chi connectivity index (χ1v) is 24.9. The molecule has 12 atom stereocenters. The second-order valence-corrected chi connectivity index (χ2v) is 17.2. The molecule has 4 aromatic rings. The highest BCUT2D eigenvalue weighted by atomic mass is 16.7. The number of unbranched alkanes of at least 4 members (excludes halogenated alkanes) is 2. The van der Waals surface area contributed by atoms with Gasteiger partial charge in [0.15, 0.2) is 25.0 Å². The van der Waals surface area contributed by atoms with Gasteiger partial charge in [-0.05, 0) is 77.5 Å². The van der Waals surface area contributed by atoms with Gasteiger partial charge in [0.1, 0.15) is 18.3 Å². The number of aliphatic hydroxyl groups excluding tert-OH is 3. The fraction of sp³-hybridized carbons (Fsp3) is 0.509. The molecule has 0 saturated carbocycles. The molecular weight excluding hydrogens is 971 g/mol. The van der Waals surface area contributed by atoms with Gasteiger partial charge >= 0.3 is 11.9 Å². The summed E-state index contributed by atoms with van der Waals surface area (Å²) in [6.45, 7) is 4.69. The number of ether oxygens (including phenoxy) is 8. The zero-order valence-corrected chi connectivity index (χ0v) is 42.7. The lowest BCUT2D eigenvalue weighted by Crippen LogP contribution is -2.57. The lowest BCUT2D eigenvalue weighted by molar-refractivity contribution is -0.319. The number of hydrogen-bond acceptors (Lipinski definition) is 16. The minimum Gasteiger partial charge on any atom is -0.469 e. The molecule has 0 aliphatic heterocycles. The summed E-state index contributed by atoms with van der Waals surface area (Å²) in [5.74, 6) is -1.30. The summed E-state index contributed by atoms with van der Waals surface area (Å²) >= 11 is 0. The van der Waals surface area contributed by atoms with Gasteiger partial charge < -0.3 is 53.2 Å². The molecule has 4 rings (SSSR count). The van der Waals surface area contributed by atoms with Gasteiger partial charge in [0, 0.05) is 27.8 Å². The van der Waals surface area contributed by atoms with E-state index >= 15 is 0 Å². The van der Waals surface area contributed by atoms with Gasteiger partial charge in [0.05, 0.1) is 62.8 Å². The van der Waals surface area contributed by atoms with Crippen LogP contribution >= 0.6 is 0 Å². The maximum Gasteiger partial charge on any atom is 0.338 e. The molecule has 22 nitrogen and oxygen atoms in total. The van der Waals surface area contributed by atoms with Crippen LogP contribution in [0.1, 0.15) is 92.8 Å². The van der Waals surface area contributed by atoms with E-state index in [2.05, 4.69) is 30.1 Å². The predicted molar refractivity (Wildman–Crippen MR) is 275 cm³/mol. The average molecular weight is 1040 g/mol. The van der Waals surface area contributed by atoms with E-state index in [9.17, 15) is 41.5 Å². The fourth-order valence-corrected chi connectivity index (χ4v) is 8.01. The van der Waals surface area contributed by atoms with Gasteiger partial charge in [0.25, 0.3) is 0 Å². The molecule has 75 heavy (non-hydrogen) atoms. The van der Waals surface area contributed by atoms with Crippen molar-refractivity contribution in [3.05, 3.63) is 175 Å². The van der Waals surface area contributed by atoms with Crippen LogP contribution in [0.3, 0.4) is 0 Å². The summed E-state index contributed by atoms with van der Waals surface area (Å²) < 4.78 is 49.0. The van der Waals surface area contributed by atoms with Crippen molar-refractivity contribution < 1.29 is 62.8 Å². The number of benzene rings is 4. The Morgan fingerprint density at radius 3 is 1.25 bits per heavy atom. The fourth-order valence-electron chi connectivity index (χ4n) is 8.01. The topological polar surface area (TPSA) is 315 Å². The molecule has 22 heteroatoms. The number of hydrogen-bond donors (Lipinski definition) is 3. The van der Waals surface area contributed by atoms with Crippen molar-refractivity contribution in [1.29, 1.82) is 0 Å². The Kier molecular flexibility index (Phi) is 28.3. The lowest BCUT2D eigenvalue weighted by atomic mass is 10.00. The van der Waals surface area contributed by atoms with Crippen LogP contribution in [-0.4, -0.2) is 115 Å². The van der Waals surface area contributed by atoms with Crippen molar-refractivity contribution >= 4 is 11.9 Å². The number of rotatable bonds is 37. The zero-order chi connectivity index (χ0) is 54.2. The molecule has 0 aliphatic carbocycles. The van der Waals surface area contributed by atoms with E-state index in [0.717, 1.165) is 0 Å². The summed E-state index contributed by atoms with van der Waals surface area (Å²) in [4.78, 5) is 34.9. The van der Waals surface area contributed by atoms with E-state index in [-0.39, 0.29) is 63.6 Å². The van der Waals surface area contributed by atoms with Gasteiger partial charge in [-0.2, -0.15) is 0 Å². The molecule has 0 radical (unpaired) electrons. The number of carbonyl (C=O) groups is 2. The number of carbonyl (C=O) groups excluding carboxylic acids is 2. The molecular formula is C53H69N9O13. The number of methoxy groups -OCH3 is 1. The monoisotopic (exact) mass is 1040 g/mol. The molecule has 0 spiro atoms. The van der Waals surface area contributed by atoms with Crippen LogP contribution in [0.5, 0.6) is 0 Å². The third-order valence-electron chi connectivity index (χ3n) is 12.1. The molecule has 0 heterocycles. The lowest BCUT2D eigenvalue weighted by Gasteiger charge is -2.41. The van der Waals surface area contributed by atoms with Gasteiger partial charge in [0.2, 0.25) is 0 Å². The quantitative estimate of drug-likeness (QED) is 0.00947. The number of aliphatic hydroxyl groups is 3. The largest absolute Gasteiger partial charge is 0.469 e. The Balaban J connectivity index is 1.90. The molecule has 9 unspecified atom stereocenters. The summed E-state index contributed by atoms with van der Waals surface area (Å²) in [6, 6.07) is 31.4. The minimum atomic E-state index is -2.29. The number of azide groups is 3. The van der Waals surface area contributed by atoms with E-state index in [1.165, 1.54) is 19.2 Å². The standard InChI is InChI=1S/C53H69N9O13/c1-5-40(57-60-54)44(70-33-36-23-13-8-14-24-36)47(51(65)69-32-22-12-21-31-43(63)68-4)74-53(67)49(46(42(7-3)59-62-56)72-35-38-27-17-10-18-28-38)75-52(66)48(73-50(64)39-29-19-11-20-30-39)45(41(6-2)58-61-55)71-34-37-25-15-9-16-26-37/h8-11,13-20,23-30,40-42,44-49,51-53,65-67H,5-7,12,21-22,31-35H2,1-4H3/t40?,41?,42?,44?,45?,46?,47?,48?,49?,51-,52-,53-/m1/s1. The van der Waals surface area contributed by atoms with Crippen LogP contribution < -0.4 is 0 Å². The van der Waals surface area contributed by atoms with E-state index < -0.39 is 79.6 Å². The van der Waals surface area contributed by atoms with Crippen molar-refractivity contribution in [3.63, 3.8) is 0 Å². The molecule has 4 aromatic carbocycles. The van der Waals surface area contributed by atoms with Crippen molar-refractivity contribution in [1.82, 2.24) is 0 Å². The second kappa shape index (κ2) is 34.8. The molecule has 0 aliphatic rings. The molecule has 404 valence electrons. The summed E-state index contributed by atoms with van der Waals surface area (Å²) in [6.07, 6.45) is -14.3. The first-order valence-electron chi connectivity index (χ1n) is 24.9. The van der Waals surface area contributed by atoms with Gasteiger partial charge in [-0.25, -0.2) is 4.79 Å². The first kappa shape index (κ1) is 60.9. The van der Waals surface area contributed by atoms with E-state index in [0.29, 0.717) is 36.0 Å². The van der Waals surface area contributed by atoms with Crippen LogP contribution in [0.2, 0.25) is 0 Å². The maximum absolute atomic E-state index is 14.0. The van der Waals surface area contributed by atoms with Crippen LogP contribution in [0.25, 0.3) is 31.3 Å². The SMILES string of the molecule is CCC(N=[N+]=[N-])C(OCc1ccccc1)C(O[C@@H](O)C(O[C@@H](O)C(OC(=O)c1ccccc1)C(OCc1ccccc1)C(CC)N=[N+]=[N-])C(OCc1ccccc1)C(CC)N=[N+]=[N-])[C@H](O)OCCCCCC(=O)OC. The molecule has 0 fully saturated rings.